The summed E-state index contributed by atoms with van der Waals surface area (Å²) in [7, 11) is 0. The van der Waals surface area contributed by atoms with Crippen LogP contribution in [0.2, 0.25) is 0 Å². The summed E-state index contributed by atoms with van der Waals surface area (Å²) >= 11 is 0. The van der Waals surface area contributed by atoms with Gasteiger partial charge in [0.25, 0.3) is 0 Å². The molecule has 0 atom stereocenters. The number of benzene rings is 10. The number of fused-ring (bicyclic) bond motifs is 1. The Morgan fingerprint density at radius 2 is 0.700 bits per heavy atom. The number of para-hydroxylation sites is 1. The number of pyridine rings is 1. The van der Waals surface area contributed by atoms with Crippen LogP contribution in [0.4, 0.5) is 4.39 Å². The van der Waals surface area contributed by atoms with Crippen molar-refractivity contribution in [3.63, 3.8) is 0 Å². The summed E-state index contributed by atoms with van der Waals surface area (Å²) in [6, 6.07) is 84.0. The minimum atomic E-state index is -0.230. The second-order valence-electron chi connectivity index (χ2n) is 17.6. The van der Waals surface area contributed by atoms with E-state index < -0.39 is 0 Å². The summed E-state index contributed by atoms with van der Waals surface area (Å²) in [5.74, 6) is -0.230. The lowest BCUT2D eigenvalue weighted by Crippen LogP contribution is -2.22. The molecule has 0 saturated heterocycles. The summed E-state index contributed by atoms with van der Waals surface area (Å²) < 4.78 is 13.4. The zero-order valence-corrected chi connectivity index (χ0v) is 38.4. The average molecular weight is 899 g/mol. The molecule has 2 nitrogen and oxygen atoms in total. The number of nitrogens with zero attached hydrogens (tertiary/aromatic N) is 1. The number of aromatic nitrogens is 1. The molecular formula is C67H47FN2. The van der Waals surface area contributed by atoms with Crippen LogP contribution in [-0.4, -0.2) is 4.98 Å². The van der Waals surface area contributed by atoms with E-state index in [4.69, 9.17) is 5.73 Å². The Balaban J connectivity index is 0.717. The number of hydrogen-bond acceptors (Lipinski definition) is 2. The summed E-state index contributed by atoms with van der Waals surface area (Å²) in [4.78, 5) is 4.64. The molecule has 0 unspecified atom stereocenters. The Morgan fingerprint density at radius 1 is 0.371 bits per heavy atom. The largest absolute Gasteiger partial charge is 0.404 e. The van der Waals surface area contributed by atoms with E-state index in [0.717, 1.165) is 88.1 Å². The molecule has 0 aliphatic rings. The van der Waals surface area contributed by atoms with Gasteiger partial charge in [0.05, 0.1) is 5.52 Å². The van der Waals surface area contributed by atoms with E-state index in [9.17, 15) is 4.39 Å². The highest BCUT2D eigenvalue weighted by Crippen LogP contribution is 2.32. The molecule has 332 valence electrons. The Hall–Kier alpha value is -9.18. The standard InChI is InChI=1S/C67H47FN2/c1-45-40-62(35-34-61(45)41-64(43-69)59-30-24-54(25-31-59)51-14-8-48(9-15-51)49-18-20-56(21-19-49)57-36-38-66(68)39-37-57)58-28-22-53(23-29-58)50-12-6-46(7-13-50)47-10-16-52(17-11-47)55-26-32-60(33-27-55)65-42-63-4-2-3-5-67(63)70-44-65/h2-44H,1,69H2/b61-41-,64-43+. The lowest BCUT2D eigenvalue weighted by molar-refractivity contribution is 0.628. The van der Waals surface area contributed by atoms with E-state index in [0.29, 0.717) is 0 Å². The first-order chi connectivity index (χ1) is 34.4. The second-order valence-corrected chi connectivity index (χ2v) is 17.6. The molecule has 0 aliphatic heterocycles. The van der Waals surface area contributed by atoms with Gasteiger partial charge in [0.1, 0.15) is 5.82 Å². The van der Waals surface area contributed by atoms with Crippen LogP contribution in [0, 0.1) is 5.82 Å². The number of allylic oxidation sites excluding steroid dienone is 1. The van der Waals surface area contributed by atoms with Crippen LogP contribution in [0.1, 0.15) is 5.56 Å². The smallest absolute Gasteiger partial charge is 0.123 e. The van der Waals surface area contributed by atoms with Crippen molar-refractivity contribution in [3.8, 4) is 89.0 Å². The maximum atomic E-state index is 13.4. The third kappa shape index (κ3) is 9.25. The fourth-order valence-electron chi connectivity index (χ4n) is 9.18. The molecule has 0 aliphatic carbocycles. The predicted octanol–water partition coefficient (Wildman–Crippen LogP) is 15.9. The Kier molecular flexibility index (Phi) is 11.9. The van der Waals surface area contributed by atoms with Crippen molar-refractivity contribution in [3.05, 3.63) is 277 Å². The van der Waals surface area contributed by atoms with Gasteiger partial charge in [0.15, 0.2) is 0 Å². The van der Waals surface area contributed by atoms with Crippen molar-refractivity contribution in [1.82, 2.24) is 4.98 Å². The Labute approximate surface area is 408 Å². The zero-order chi connectivity index (χ0) is 47.4. The highest BCUT2D eigenvalue weighted by molar-refractivity contribution is 5.89. The van der Waals surface area contributed by atoms with E-state index in [2.05, 4.69) is 224 Å². The molecule has 70 heavy (non-hydrogen) atoms. The highest BCUT2D eigenvalue weighted by atomic mass is 19.1. The molecule has 3 heteroatoms. The van der Waals surface area contributed by atoms with Crippen LogP contribution in [-0.2, 0) is 0 Å². The van der Waals surface area contributed by atoms with Crippen LogP contribution >= 0.6 is 0 Å². The van der Waals surface area contributed by atoms with Crippen molar-refractivity contribution in [2.24, 2.45) is 5.73 Å². The van der Waals surface area contributed by atoms with Gasteiger partial charge in [0, 0.05) is 23.3 Å². The van der Waals surface area contributed by atoms with Crippen molar-refractivity contribution in [2.45, 2.75) is 0 Å². The van der Waals surface area contributed by atoms with E-state index in [1.165, 1.54) is 45.5 Å². The third-order valence-corrected chi connectivity index (χ3v) is 13.3. The maximum Gasteiger partial charge on any atom is 0.123 e. The summed E-state index contributed by atoms with van der Waals surface area (Å²) in [6.45, 7) is 4.42. The van der Waals surface area contributed by atoms with Crippen molar-refractivity contribution >= 4 is 29.1 Å². The minimum Gasteiger partial charge on any atom is -0.404 e. The van der Waals surface area contributed by atoms with Gasteiger partial charge in [-0.2, -0.15) is 0 Å². The number of nitrogens with two attached hydrogens (primary N) is 1. The number of halogens is 1. The molecule has 0 bridgehead atoms. The molecule has 0 radical (unpaired) electrons. The van der Waals surface area contributed by atoms with Gasteiger partial charge in [0.2, 0.25) is 0 Å². The fourth-order valence-corrected chi connectivity index (χ4v) is 9.18. The molecule has 11 rings (SSSR count). The second kappa shape index (κ2) is 19.2. The van der Waals surface area contributed by atoms with Gasteiger partial charge >= 0.3 is 0 Å². The fraction of sp³-hybridized carbons (Fsp3) is 0. The lowest BCUT2D eigenvalue weighted by atomic mass is 9.96. The van der Waals surface area contributed by atoms with E-state index in [-0.39, 0.29) is 5.82 Å². The number of rotatable bonds is 10. The first-order valence-electron chi connectivity index (χ1n) is 23.5. The molecule has 10 aromatic carbocycles. The molecular weight excluding hydrogens is 852 g/mol. The van der Waals surface area contributed by atoms with Crippen molar-refractivity contribution in [1.29, 1.82) is 0 Å². The van der Waals surface area contributed by atoms with Gasteiger partial charge in [-0.05, 0) is 141 Å². The average Bonchev–Trinajstić information content (AvgIpc) is 3.43. The first kappa shape index (κ1) is 43.4. The molecule has 1 heterocycles. The zero-order valence-electron chi connectivity index (χ0n) is 38.4. The normalized spacial score (nSPS) is 11.8. The molecule has 0 fully saturated rings. The van der Waals surface area contributed by atoms with Crippen LogP contribution in [0.25, 0.3) is 118 Å². The monoisotopic (exact) mass is 898 g/mol. The van der Waals surface area contributed by atoms with Crippen LogP contribution < -0.4 is 16.2 Å². The minimum absolute atomic E-state index is 0.230. The van der Waals surface area contributed by atoms with Gasteiger partial charge in [-0.3, -0.25) is 4.98 Å². The molecule has 2 N–H and O–H groups in total. The van der Waals surface area contributed by atoms with Gasteiger partial charge < -0.3 is 5.73 Å². The maximum absolute atomic E-state index is 13.4. The topological polar surface area (TPSA) is 38.9 Å². The van der Waals surface area contributed by atoms with Crippen LogP contribution in [0.5, 0.6) is 0 Å². The summed E-state index contributed by atoms with van der Waals surface area (Å²) in [6.07, 6.45) is 5.71. The van der Waals surface area contributed by atoms with E-state index >= 15 is 0 Å². The van der Waals surface area contributed by atoms with Crippen LogP contribution in [0.3, 0.4) is 0 Å². The molecule has 11 aromatic rings. The Bertz CT molecular complexity index is 3760. The van der Waals surface area contributed by atoms with Crippen LogP contribution in [0.15, 0.2) is 255 Å². The van der Waals surface area contributed by atoms with Gasteiger partial charge in [-0.1, -0.05) is 219 Å². The first-order valence-corrected chi connectivity index (χ1v) is 23.5. The van der Waals surface area contributed by atoms with Crippen molar-refractivity contribution < 1.29 is 4.39 Å². The molecule has 0 spiro atoms. The van der Waals surface area contributed by atoms with Gasteiger partial charge in [-0.15, -0.1) is 0 Å². The summed E-state index contributed by atoms with van der Waals surface area (Å²) in [5, 5.41) is 3.09. The number of hydrogen-bond donors (Lipinski definition) is 1. The lowest BCUT2D eigenvalue weighted by Gasteiger charge is -2.09. The van der Waals surface area contributed by atoms with E-state index in [1.54, 1.807) is 18.3 Å². The molecule has 0 amide bonds. The molecule has 1 aromatic heterocycles. The van der Waals surface area contributed by atoms with E-state index in [1.807, 2.05) is 18.3 Å². The SMILES string of the molecule is C=c1cc(-c2ccc(-c3ccc(-c4ccc(-c5ccc(-c6cnc7ccccc7c6)cc5)cc4)cc3)cc2)cc/c1=C/C(=C\N)c1ccc(-c2ccc(-c3ccc(-c4ccc(F)cc4)cc3)cc2)cc1. The third-order valence-electron chi connectivity index (χ3n) is 13.3. The highest BCUT2D eigenvalue weighted by Gasteiger charge is 2.08. The molecule has 0 saturated carbocycles. The van der Waals surface area contributed by atoms with Gasteiger partial charge in [-0.25, -0.2) is 4.39 Å². The Morgan fingerprint density at radius 3 is 1.09 bits per heavy atom. The van der Waals surface area contributed by atoms with Crippen molar-refractivity contribution in [2.75, 3.05) is 0 Å². The quantitative estimate of drug-likeness (QED) is 0.149. The summed E-state index contributed by atoms with van der Waals surface area (Å²) in [5.41, 5.74) is 27.4. The predicted molar refractivity (Wildman–Crippen MR) is 293 cm³/mol.